The molecular weight excluding hydrogens is 500 g/mol. The minimum atomic E-state index is -4.05. The number of aromatic carboxylic acids is 1. The van der Waals surface area contributed by atoms with Crippen LogP contribution in [0.3, 0.4) is 0 Å². The Hall–Kier alpha value is -3.59. The van der Waals surface area contributed by atoms with Crippen LogP contribution in [0.1, 0.15) is 40.2 Å². The van der Waals surface area contributed by atoms with Crippen LogP contribution in [0.15, 0.2) is 78.0 Å². The number of aromatic nitrogens is 2. The Morgan fingerprint density at radius 2 is 1.89 bits per heavy atom. The average molecular weight is 523 g/mol. The largest absolute Gasteiger partial charge is 0.478 e. The highest BCUT2D eigenvalue weighted by molar-refractivity contribution is 7.91. The second-order valence-electron chi connectivity index (χ2n) is 7.96. The summed E-state index contributed by atoms with van der Waals surface area (Å²) in [4.78, 5) is 20.0. The summed E-state index contributed by atoms with van der Waals surface area (Å²) in [5.41, 5.74) is 2.64. The number of pyridine rings is 2. The smallest absolute Gasteiger partial charge is 0.338 e. The summed E-state index contributed by atoms with van der Waals surface area (Å²) < 4.78 is 32.0. The highest BCUT2D eigenvalue weighted by Gasteiger charge is 2.28. The van der Waals surface area contributed by atoms with Gasteiger partial charge >= 0.3 is 5.97 Å². The van der Waals surface area contributed by atoms with E-state index in [1.807, 2.05) is 54.6 Å². The molecule has 36 heavy (non-hydrogen) atoms. The van der Waals surface area contributed by atoms with Crippen LogP contribution in [-0.4, -0.2) is 41.8 Å². The fraction of sp³-hybridized carbons (Fsp3) is 0.148. The zero-order valence-corrected chi connectivity index (χ0v) is 20.9. The first-order valence-electron chi connectivity index (χ1n) is 11.1. The summed E-state index contributed by atoms with van der Waals surface area (Å²) in [6, 6.07) is 19.3. The Kier molecular flexibility index (Phi) is 7.79. The minimum Gasteiger partial charge on any atom is -0.478 e. The Morgan fingerprint density at radius 3 is 2.67 bits per heavy atom. The van der Waals surface area contributed by atoms with Crippen molar-refractivity contribution in [2.75, 3.05) is 12.4 Å². The molecule has 0 bridgehead atoms. The molecule has 2 aromatic carbocycles. The maximum atomic E-state index is 13.1. The lowest BCUT2D eigenvalue weighted by Crippen LogP contribution is -2.21. The van der Waals surface area contributed by atoms with E-state index in [0.717, 1.165) is 22.2 Å². The number of rotatable bonds is 9. The predicted octanol–water partition coefficient (Wildman–Crippen LogP) is 5.70. The first-order chi connectivity index (χ1) is 17.3. The maximum Gasteiger partial charge on any atom is 0.338 e. The second kappa shape index (κ2) is 11.0. The van der Waals surface area contributed by atoms with Crippen LogP contribution < -0.4 is 0 Å². The first-order valence-corrected chi connectivity index (χ1v) is 13.2. The van der Waals surface area contributed by atoms with Gasteiger partial charge in [0.05, 0.1) is 28.6 Å². The number of carboxylic acid groups (broad SMARTS) is 1. The minimum absolute atomic E-state index is 0.276. The summed E-state index contributed by atoms with van der Waals surface area (Å²) in [6.07, 6.45) is 4.19. The van der Waals surface area contributed by atoms with E-state index in [1.165, 1.54) is 18.3 Å². The lowest BCUT2D eigenvalue weighted by molar-refractivity contribution is 0.0690. The SMILES string of the molecule is CCOC(CS(=O)(=O)c1ncccc1C(=O)O)c1cccc(/C=C/c2ccc3ccc(Cl)cc3n2)c1. The fourth-order valence-corrected chi connectivity index (χ4v) is 5.49. The lowest BCUT2D eigenvalue weighted by Gasteiger charge is -2.18. The van der Waals surface area contributed by atoms with E-state index in [4.69, 9.17) is 16.3 Å². The molecule has 0 saturated heterocycles. The summed E-state index contributed by atoms with van der Waals surface area (Å²) >= 11 is 6.08. The number of benzene rings is 2. The normalized spacial score (nSPS) is 12.7. The zero-order chi connectivity index (χ0) is 25.7. The standard InChI is InChI=1S/C27H23ClN2O5S/c1-2-35-25(17-36(33,34)26-23(27(31)32)7-4-14-29-26)20-6-3-5-18(15-20)8-12-22-13-10-19-9-11-21(28)16-24(19)30-22/h3-16,25H,2,17H2,1H3,(H,31,32)/b12-8+. The van der Waals surface area contributed by atoms with Crippen LogP contribution in [-0.2, 0) is 14.6 Å². The zero-order valence-electron chi connectivity index (χ0n) is 19.3. The Labute approximate surface area is 214 Å². The van der Waals surface area contributed by atoms with Gasteiger partial charge in [0, 0.05) is 23.2 Å². The van der Waals surface area contributed by atoms with Crippen LogP contribution >= 0.6 is 11.6 Å². The van der Waals surface area contributed by atoms with Crippen molar-refractivity contribution in [3.8, 4) is 0 Å². The molecule has 0 fully saturated rings. The third-order valence-corrected chi connectivity index (χ3v) is 7.33. The third kappa shape index (κ3) is 5.96. The monoisotopic (exact) mass is 522 g/mol. The van der Waals surface area contributed by atoms with Gasteiger partial charge in [-0.15, -0.1) is 0 Å². The molecule has 4 rings (SSSR count). The molecular formula is C27H23ClN2O5S. The number of carboxylic acids is 1. The molecule has 0 saturated carbocycles. The van der Waals surface area contributed by atoms with Crippen molar-refractivity contribution in [2.24, 2.45) is 0 Å². The quantitative estimate of drug-likeness (QED) is 0.300. The number of fused-ring (bicyclic) bond motifs is 1. The number of ether oxygens (including phenoxy) is 1. The number of sulfone groups is 1. The molecule has 4 aromatic rings. The number of hydrogen-bond donors (Lipinski definition) is 1. The van der Waals surface area contributed by atoms with Crippen LogP contribution in [0.2, 0.25) is 5.02 Å². The molecule has 0 aliphatic heterocycles. The van der Waals surface area contributed by atoms with E-state index in [0.29, 0.717) is 10.6 Å². The van der Waals surface area contributed by atoms with Crippen LogP contribution in [0.25, 0.3) is 23.1 Å². The van der Waals surface area contributed by atoms with Crippen molar-refractivity contribution < 1.29 is 23.1 Å². The van der Waals surface area contributed by atoms with Gasteiger partial charge in [-0.25, -0.2) is 23.2 Å². The molecule has 2 aromatic heterocycles. The van der Waals surface area contributed by atoms with Gasteiger partial charge in [-0.3, -0.25) is 0 Å². The molecule has 1 N–H and O–H groups in total. The van der Waals surface area contributed by atoms with Crippen molar-refractivity contribution in [3.05, 3.63) is 100 Å². The molecule has 0 aliphatic rings. The van der Waals surface area contributed by atoms with Crippen molar-refractivity contribution in [2.45, 2.75) is 18.1 Å². The third-order valence-electron chi connectivity index (χ3n) is 5.44. The van der Waals surface area contributed by atoms with Gasteiger partial charge in [0.15, 0.2) is 14.9 Å². The Bertz CT molecular complexity index is 1550. The molecule has 0 radical (unpaired) electrons. The summed E-state index contributed by atoms with van der Waals surface area (Å²) in [5, 5.41) is 10.5. The van der Waals surface area contributed by atoms with Gasteiger partial charge in [-0.05, 0) is 60.5 Å². The van der Waals surface area contributed by atoms with E-state index in [9.17, 15) is 18.3 Å². The van der Waals surface area contributed by atoms with Crippen LogP contribution in [0, 0.1) is 0 Å². The molecule has 2 heterocycles. The summed E-state index contributed by atoms with van der Waals surface area (Å²) in [7, 11) is -4.05. The van der Waals surface area contributed by atoms with Crippen molar-refractivity contribution >= 4 is 50.5 Å². The topological polar surface area (TPSA) is 106 Å². The predicted molar refractivity (Wildman–Crippen MR) is 140 cm³/mol. The van der Waals surface area contributed by atoms with E-state index < -0.39 is 32.7 Å². The summed E-state index contributed by atoms with van der Waals surface area (Å²) in [5.74, 6) is -1.80. The Balaban J connectivity index is 1.60. The van der Waals surface area contributed by atoms with Gasteiger partial charge in [-0.1, -0.05) is 48.0 Å². The lowest BCUT2D eigenvalue weighted by atomic mass is 10.1. The van der Waals surface area contributed by atoms with E-state index in [2.05, 4.69) is 9.97 Å². The number of nitrogens with zero attached hydrogens (tertiary/aromatic N) is 2. The Morgan fingerprint density at radius 1 is 1.08 bits per heavy atom. The highest BCUT2D eigenvalue weighted by atomic mass is 35.5. The first kappa shape index (κ1) is 25.5. The molecule has 0 aliphatic carbocycles. The molecule has 0 amide bonds. The van der Waals surface area contributed by atoms with Crippen molar-refractivity contribution in [1.82, 2.24) is 9.97 Å². The van der Waals surface area contributed by atoms with E-state index in [1.54, 1.807) is 19.1 Å². The molecule has 1 unspecified atom stereocenters. The van der Waals surface area contributed by atoms with E-state index in [-0.39, 0.29) is 12.2 Å². The van der Waals surface area contributed by atoms with Crippen LogP contribution in [0.4, 0.5) is 0 Å². The van der Waals surface area contributed by atoms with E-state index >= 15 is 0 Å². The highest BCUT2D eigenvalue weighted by Crippen LogP contribution is 2.26. The van der Waals surface area contributed by atoms with Gasteiger partial charge in [0.25, 0.3) is 0 Å². The van der Waals surface area contributed by atoms with Crippen molar-refractivity contribution in [1.29, 1.82) is 0 Å². The average Bonchev–Trinajstić information content (AvgIpc) is 2.87. The van der Waals surface area contributed by atoms with Gasteiger partial charge < -0.3 is 9.84 Å². The fourth-order valence-electron chi connectivity index (χ4n) is 3.76. The molecule has 9 heteroatoms. The van der Waals surface area contributed by atoms with Gasteiger partial charge in [0.2, 0.25) is 0 Å². The number of hydrogen-bond acceptors (Lipinski definition) is 6. The molecule has 184 valence electrons. The van der Waals surface area contributed by atoms with Crippen LogP contribution in [0.5, 0.6) is 0 Å². The molecule has 0 spiro atoms. The molecule has 1 atom stereocenters. The van der Waals surface area contributed by atoms with Crippen molar-refractivity contribution in [3.63, 3.8) is 0 Å². The number of carbonyl (C=O) groups is 1. The maximum absolute atomic E-state index is 13.1. The summed E-state index contributed by atoms with van der Waals surface area (Å²) in [6.45, 7) is 2.04. The van der Waals surface area contributed by atoms with Gasteiger partial charge in [0.1, 0.15) is 0 Å². The second-order valence-corrected chi connectivity index (χ2v) is 10.3. The number of halogens is 1. The molecule has 7 nitrogen and oxygen atoms in total. The van der Waals surface area contributed by atoms with Gasteiger partial charge in [-0.2, -0.15) is 0 Å².